The minimum absolute atomic E-state index is 0.581. The molecule has 0 fully saturated rings. The predicted octanol–water partition coefficient (Wildman–Crippen LogP) is 4.43. The predicted molar refractivity (Wildman–Crippen MR) is 112 cm³/mol. The molecule has 0 spiro atoms. The Morgan fingerprint density at radius 2 is 2.00 bits per heavy atom. The highest BCUT2D eigenvalue weighted by Crippen LogP contribution is 2.31. The van der Waals surface area contributed by atoms with Gasteiger partial charge in [0.05, 0.1) is 0 Å². The van der Waals surface area contributed by atoms with Crippen LogP contribution in [0.2, 0.25) is 0 Å². The fourth-order valence-electron chi connectivity index (χ4n) is 3.46. The zero-order valence-corrected chi connectivity index (χ0v) is 16.1. The smallest absolute Gasteiger partial charge is 0.170 e. The summed E-state index contributed by atoms with van der Waals surface area (Å²) < 4.78 is 0. The highest BCUT2D eigenvalue weighted by molar-refractivity contribution is 7.80. The second-order valence-corrected chi connectivity index (χ2v) is 7.34. The second-order valence-electron chi connectivity index (χ2n) is 6.93. The fraction of sp³-hybridized carbons (Fsp3) is 0.381. The summed E-state index contributed by atoms with van der Waals surface area (Å²) in [6.07, 6.45) is 2.21. The zero-order chi connectivity index (χ0) is 17.8. The topological polar surface area (TPSA) is 27.3 Å². The summed E-state index contributed by atoms with van der Waals surface area (Å²) in [6.45, 7) is 8.42. The Labute approximate surface area is 156 Å². The molecule has 1 atom stereocenters. The Morgan fingerprint density at radius 1 is 1.20 bits per heavy atom. The van der Waals surface area contributed by atoms with E-state index in [4.69, 9.17) is 12.2 Å². The van der Waals surface area contributed by atoms with Crippen molar-refractivity contribution in [3.63, 3.8) is 0 Å². The van der Waals surface area contributed by atoms with Gasteiger partial charge >= 0.3 is 0 Å². The molecule has 2 N–H and O–H groups in total. The van der Waals surface area contributed by atoms with Crippen LogP contribution in [0.4, 0.5) is 11.4 Å². The Hall–Kier alpha value is -2.07. The number of para-hydroxylation sites is 1. The average Bonchev–Trinajstić information content (AvgIpc) is 2.90. The van der Waals surface area contributed by atoms with Crippen LogP contribution in [-0.2, 0) is 6.42 Å². The molecule has 1 heterocycles. The van der Waals surface area contributed by atoms with Gasteiger partial charge in [-0.05, 0) is 74.7 Å². The van der Waals surface area contributed by atoms with E-state index < -0.39 is 0 Å². The lowest BCUT2D eigenvalue weighted by Crippen LogP contribution is -2.34. The molecule has 3 rings (SSSR count). The third-order valence-electron chi connectivity index (χ3n) is 4.85. The molecule has 0 saturated carbocycles. The van der Waals surface area contributed by atoms with E-state index in [0.29, 0.717) is 11.2 Å². The first-order valence-electron chi connectivity index (χ1n) is 9.01. The van der Waals surface area contributed by atoms with Crippen LogP contribution in [0, 0.1) is 13.8 Å². The monoisotopic (exact) mass is 353 g/mol. The van der Waals surface area contributed by atoms with Gasteiger partial charge in [-0.3, -0.25) is 0 Å². The SMILES string of the molecule is Cc1ccc(C)c(NC(=S)NCCCN2c3ccccc3CC2C)c1. The summed E-state index contributed by atoms with van der Waals surface area (Å²) in [5.41, 5.74) is 6.38. The molecule has 0 saturated heterocycles. The maximum absolute atomic E-state index is 5.44. The molecule has 0 aliphatic carbocycles. The van der Waals surface area contributed by atoms with Crippen molar-refractivity contribution in [2.45, 2.75) is 39.7 Å². The number of aryl methyl sites for hydroxylation is 2. The van der Waals surface area contributed by atoms with E-state index in [1.165, 1.54) is 22.4 Å². The van der Waals surface area contributed by atoms with Gasteiger partial charge < -0.3 is 15.5 Å². The summed E-state index contributed by atoms with van der Waals surface area (Å²) in [6, 6.07) is 15.7. The molecule has 25 heavy (non-hydrogen) atoms. The van der Waals surface area contributed by atoms with E-state index in [1.54, 1.807) is 0 Å². The van der Waals surface area contributed by atoms with Crippen LogP contribution in [0.3, 0.4) is 0 Å². The van der Waals surface area contributed by atoms with E-state index in [9.17, 15) is 0 Å². The van der Waals surface area contributed by atoms with Crippen molar-refractivity contribution < 1.29 is 0 Å². The minimum atomic E-state index is 0.581. The van der Waals surface area contributed by atoms with Gasteiger partial charge in [-0.2, -0.15) is 0 Å². The number of thiocarbonyl (C=S) groups is 1. The van der Waals surface area contributed by atoms with Crippen LogP contribution in [-0.4, -0.2) is 24.2 Å². The highest BCUT2D eigenvalue weighted by atomic mass is 32.1. The first kappa shape index (κ1) is 17.7. The Morgan fingerprint density at radius 3 is 2.84 bits per heavy atom. The molecule has 4 heteroatoms. The lowest BCUT2D eigenvalue weighted by Gasteiger charge is -2.25. The molecular weight excluding hydrogens is 326 g/mol. The maximum Gasteiger partial charge on any atom is 0.170 e. The van der Waals surface area contributed by atoms with Crippen molar-refractivity contribution in [3.05, 3.63) is 59.2 Å². The Bertz CT molecular complexity index is 757. The van der Waals surface area contributed by atoms with Gasteiger partial charge in [-0.1, -0.05) is 30.3 Å². The highest BCUT2D eigenvalue weighted by Gasteiger charge is 2.24. The number of fused-ring (bicyclic) bond motifs is 1. The lowest BCUT2D eigenvalue weighted by molar-refractivity contribution is 0.641. The van der Waals surface area contributed by atoms with E-state index >= 15 is 0 Å². The molecule has 1 aliphatic heterocycles. The van der Waals surface area contributed by atoms with Gasteiger partial charge in [0.2, 0.25) is 0 Å². The number of anilines is 2. The van der Waals surface area contributed by atoms with Crippen LogP contribution < -0.4 is 15.5 Å². The lowest BCUT2D eigenvalue weighted by atomic mass is 10.1. The number of rotatable bonds is 5. The molecule has 1 aliphatic rings. The molecule has 0 radical (unpaired) electrons. The van der Waals surface area contributed by atoms with Crippen LogP contribution in [0.1, 0.15) is 30.0 Å². The standard InChI is InChI=1S/C21H27N3S/c1-15-9-10-16(2)19(13-15)23-21(25)22-11-6-12-24-17(3)14-18-7-4-5-8-20(18)24/h4-5,7-10,13,17H,6,11-12,14H2,1-3H3,(H2,22,23,25). The molecule has 0 bridgehead atoms. The van der Waals surface area contributed by atoms with Crippen molar-refractivity contribution in [1.29, 1.82) is 0 Å². The number of hydrogen-bond acceptors (Lipinski definition) is 2. The summed E-state index contributed by atoms with van der Waals surface area (Å²) in [7, 11) is 0. The maximum atomic E-state index is 5.44. The Balaban J connectivity index is 1.46. The molecule has 0 aromatic heterocycles. The van der Waals surface area contributed by atoms with Crippen LogP contribution in [0.25, 0.3) is 0 Å². The summed E-state index contributed by atoms with van der Waals surface area (Å²) in [5.74, 6) is 0. The zero-order valence-electron chi connectivity index (χ0n) is 15.3. The van der Waals surface area contributed by atoms with E-state index in [1.807, 2.05) is 0 Å². The third-order valence-corrected chi connectivity index (χ3v) is 5.10. The van der Waals surface area contributed by atoms with Crippen molar-refractivity contribution >= 4 is 28.7 Å². The molecule has 132 valence electrons. The summed E-state index contributed by atoms with van der Waals surface area (Å²) >= 11 is 5.44. The molecular formula is C21H27N3S. The molecule has 3 nitrogen and oxygen atoms in total. The fourth-order valence-corrected chi connectivity index (χ4v) is 3.67. The minimum Gasteiger partial charge on any atom is -0.368 e. The molecule has 0 amide bonds. The molecule has 2 aromatic rings. The first-order chi connectivity index (χ1) is 12.0. The molecule has 2 aromatic carbocycles. The average molecular weight is 354 g/mol. The van der Waals surface area contributed by atoms with Crippen molar-refractivity contribution in [2.75, 3.05) is 23.3 Å². The van der Waals surface area contributed by atoms with Gasteiger partial charge in [-0.25, -0.2) is 0 Å². The van der Waals surface area contributed by atoms with Gasteiger partial charge in [0.25, 0.3) is 0 Å². The van der Waals surface area contributed by atoms with Gasteiger partial charge in [0, 0.05) is 30.5 Å². The van der Waals surface area contributed by atoms with Crippen molar-refractivity contribution in [2.24, 2.45) is 0 Å². The van der Waals surface area contributed by atoms with Gasteiger partial charge in [-0.15, -0.1) is 0 Å². The molecule has 1 unspecified atom stereocenters. The van der Waals surface area contributed by atoms with Crippen LogP contribution >= 0.6 is 12.2 Å². The number of nitrogens with one attached hydrogen (secondary N) is 2. The quantitative estimate of drug-likeness (QED) is 0.614. The summed E-state index contributed by atoms with van der Waals surface area (Å²) in [4.78, 5) is 2.51. The van der Waals surface area contributed by atoms with Crippen molar-refractivity contribution in [1.82, 2.24) is 5.32 Å². The number of hydrogen-bond donors (Lipinski definition) is 2. The second kappa shape index (κ2) is 7.87. The largest absolute Gasteiger partial charge is 0.368 e. The van der Waals surface area contributed by atoms with Gasteiger partial charge in [0.1, 0.15) is 0 Å². The normalized spacial score (nSPS) is 15.8. The van der Waals surface area contributed by atoms with Crippen molar-refractivity contribution in [3.8, 4) is 0 Å². The number of benzene rings is 2. The summed E-state index contributed by atoms with van der Waals surface area (Å²) in [5, 5.41) is 7.34. The van der Waals surface area contributed by atoms with E-state index in [0.717, 1.165) is 31.6 Å². The van der Waals surface area contributed by atoms with E-state index in [-0.39, 0.29) is 0 Å². The van der Waals surface area contributed by atoms with Gasteiger partial charge in [0.15, 0.2) is 5.11 Å². The van der Waals surface area contributed by atoms with E-state index in [2.05, 4.69) is 78.8 Å². The Kier molecular flexibility index (Phi) is 5.59. The number of nitrogens with zero attached hydrogens (tertiary/aromatic N) is 1. The first-order valence-corrected chi connectivity index (χ1v) is 9.42. The van der Waals surface area contributed by atoms with Crippen LogP contribution in [0.5, 0.6) is 0 Å². The third kappa shape index (κ3) is 4.31. The van der Waals surface area contributed by atoms with Crippen LogP contribution in [0.15, 0.2) is 42.5 Å².